The summed E-state index contributed by atoms with van der Waals surface area (Å²) >= 11 is 10.4. The van der Waals surface area contributed by atoms with E-state index in [4.69, 9.17) is 27.7 Å². The van der Waals surface area contributed by atoms with E-state index < -0.39 is 52.2 Å². The minimum absolute atomic E-state index is 0.245. The van der Waals surface area contributed by atoms with Gasteiger partial charge >= 0.3 is 21.3 Å². The fourth-order valence-electron chi connectivity index (χ4n) is 1.91. The molecule has 1 aliphatic heterocycles. The second-order valence-corrected chi connectivity index (χ2v) is 8.68. The molecule has 18 heteroatoms. The molecule has 1 saturated heterocycles. The van der Waals surface area contributed by atoms with Crippen molar-refractivity contribution in [1.29, 1.82) is 0 Å². The van der Waals surface area contributed by atoms with Crippen molar-refractivity contribution in [3.63, 3.8) is 0 Å². The minimum Gasteiger partial charge on any atom is -0.385 e. The van der Waals surface area contributed by atoms with E-state index >= 15 is 0 Å². The molecule has 2 heterocycles. The van der Waals surface area contributed by atoms with Gasteiger partial charge in [0.05, 0.1) is 6.39 Å². The van der Waals surface area contributed by atoms with Crippen molar-refractivity contribution in [3.05, 3.63) is 26.3 Å². The van der Waals surface area contributed by atoms with Gasteiger partial charge in [0, 0.05) is 6.20 Å². The van der Waals surface area contributed by atoms with Crippen LogP contribution in [0.1, 0.15) is 7.57 Å². The lowest BCUT2D eigenvalue weighted by molar-refractivity contribution is -0.204. The number of nitrogens with one attached hydrogen (secondary N) is 1. The molecule has 0 spiro atoms. The molecule has 0 aromatic carbocycles. The van der Waals surface area contributed by atoms with Crippen LogP contribution in [0, 0.1) is 4.64 Å². The Bertz CT molecular complexity index is 988. The first-order valence-electron chi connectivity index (χ1n) is 7.02. The summed E-state index contributed by atoms with van der Waals surface area (Å²) < 4.78 is 56.9. The molecule has 0 amide bonds. The van der Waals surface area contributed by atoms with Gasteiger partial charge in [-0.3, -0.25) is 14.1 Å². The average Bonchev–Trinajstić information content (AvgIpc) is 2.69. The van der Waals surface area contributed by atoms with E-state index in [-0.39, 0.29) is 14.2 Å². The predicted molar refractivity (Wildman–Crippen MR) is 85.8 cm³/mol. The summed E-state index contributed by atoms with van der Waals surface area (Å²) in [6.45, 7) is -1.73. The highest BCUT2D eigenvalue weighted by Crippen LogP contribution is 2.58. The highest BCUT2D eigenvalue weighted by atomic mass is 35.5. The lowest BCUT2D eigenvalue weighted by Gasteiger charge is -2.23. The average molecular weight is 474 g/mol. The first kappa shape index (κ1) is 21.2. The van der Waals surface area contributed by atoms with Gasteiger partial charge < -0.3 is 29.6 Å². The van der Waals surface area contributed by atoms with Crippen LogP contribution in [0.4, 0.5) is 4.39 Å². The van der Waals surface area contributed by atoms with Crippen LogP contribution in [-0.2, 0) is 22.7 Å². The molecule has 1 aromatic rings. The van der Waals surface area contributed by atoms with Crippen LogP contribution in [0.3, 0.4) is 0 Å². The number of phosphoric ester groups is 1. The Morgan fingerprint density at radius 3 is 2.63 bits per heavy atom. The number of aliphatic hydroxyl groups excluding tert-OH is 2. The molecule has 5 atom stereocenters. The molecule has 154 valence electrons. The van der Waals surface area contributed by atoms with Gasteiger partial charge in [0.25, 0.3) is 5.85 Å². The maximum absolute atomic E-state index is 14.9. The molecule has 0 saturated carbocycles. The molecule has 1 aromatic heterocycles. The summed E-state index contributed by atoms with van der Waals surface area (Å²) in [5.41, 5.74) is -1.18. The summed E-state index contributed by atoms with van der Waals surface area (Å²) in [5, 5.41) is 19.6. The molecule has 2 rings (SSSR count). The molecule has 0 bridgehead atoms. The number of hydrogen-bond donors (Lipinski definition) is 6. The van der Waals surface area contributed by atoms with Gasteiger partial charge in [-0.1, -0.05) is 23.8 Å². The van der Waals surface area contributed by atoms with E-state index in [1.54, 1.807) is 0 Å². The van der Waals surface area contributed by atoms with Crippen LogP contribution in [0.2, 0.25) is 5.02 Å². The lowest BCUT2D eigenvalue weighted by Crippen LogP contribution is -2.43. The van der Waals surface area contributed by atoms with E-state index in [1.807, 2.05) is 4.98 Å². The number of aliphatic hydroxyl groups is 2. The van der Waals surface area contributed by atoms with Gasteiger partial charge in [0.2, 0.25) is 0 Å². The van der Waals surface area contributed by atoms with Gasteiger partial charge in [0.15, 0.2) is 6.20 Å². The molecule has 6 N–H and O–H groups in total. The third-order valence-electron chi connectivity index (χ3n) is 3.04. The largest absolute Gasteiger partial charge is 0.481 e. The first-order valence-corrected chi connectivity index (χ1v) is 10.3. The summed E-state index contributed by atoms with van der Waals surface area (Å²) in [4.78, 5) is 40.1. The number of H-pyrrole nitrogens is 1. The third-order valence-corrected chi connectivity index (χ3v) is 5.89. The Hall–Kier alpha value is -0.540. The zero-order valence-corrected chi connectivity index (χ0v) is 16.0. The maximum Gasteiger partial charge on any atom is 0.481 e. The Kier molecular flexibility index (Phi) is 6.04. The molecule has 1 unspecified atom stereocenters. The molecular weight excluding hydrogens is 461 g/mol. The monoisotopic (exact) mass is 473 g/mol. The Balaban J connectivity index is 2.34. The molecule has 0 aliphatic carbocycles. The minimum atomic E-state index is -5.54. The zero-order valence-electron chi connectivity index (χ0n) is 13.6. The van der Waals surface area contributed by atoms with Crippen LogP contribution in [0.25, 0.3) is 0 Å². The highest BCUT2D eigenvalue weighted by Gasteiger charge is 2.57. The van der Waals surface area contributed by atoms with Crippen LogP contribution >= 0.6 is 39.5 Å². The van der Waals surface area contributed by atoms with Crippen molar-refractivity contribution in [3.8, 4) is 0 Å². The van der Waals surface area contributed by atoms with E-state index in [1.165, 1.54) is 0 Å². The highest BCUT2D eigenvalue weighted by molar-refractivity contribution is 7.71. The summed E-state index contributed by atoms with van der Waals surface area (Å²) in [5.74, 6) is -3.59. The summed E-state index contributed by atoms with van der Waals surface area (Å²) in [7, 11) is -11.1. The SMILES string of the molecule is [2H][C@@]1(n2cc(Cl)c(=S)[nH]c2=O)O[C@](F)(COP(=O)(O)OP(=O)(O)O)[C@@H](O)[C@H]1O. The van der Waals surface area contributed by atoms with Crippen LogP contribution in [0.5, 0.6) is 0 Å². The Morgan fingerprint density at radius 2 is 2.07 bits per heavy atom. The predicted octanol–water partition coefficient (Wildman–Crippen LogP) is -0.298. The molecular formula is C9H12ClFN2O11P2S. The molecule has 0 radical (unpaired) electrons. The number of halogens is 2. The number of alkyl halides is 1. The normalized spacial score (nSPS) is 34.3. The van der Waals surface area contributed by atoms with Crippen molar-refractivity contribution >= 4 is 39.5 Å². The second-order valence-electron chi connectivity index (χ2n) is 5.04. The number of ether oxygens (including phenoxy) is 1. The number of aromatic amines is 1. The van der Waals surface area contributed by atoms with Crippen LogP contribution in [0.15, 0.2) is 11.0 Å². The maximum atomic E-state index is 14.9. The van der Waals surface area contributed by atoms with E-state index in [9.17, 15) is 28.5 Å². The summed E-state index contributed by atoms with van der Waals surface area (Å²) in [6, 6.07) is 0. The molecule has 13 nitrogen and oxygen atoms in total. The fourth-order valence-corrected chi connectivity index (χ4v) is 3.80. The number of rotatable bonds is 6. The smallest absolute Gasteiger partial charge is 0.385 e. The van der Waals surface area contributed by atoms with Gasteiger partial charge in [-0.15, -0.1) is 0 Å². The molecule has 27 heavy (non-hydrogen) atoms. The van der Waals surface area contributed by atoms with Crippen molar-refractivity contribution in [2.24, 2.45) is 0 Å². The van der Waals surface area contributed by atoms with Gasteiger partial charge in [-0.05, 0) is 0 Å². The van der Waals surface area contributed by atoms with Crippen LogP contribution in [-0.4, -0.2) is 59.1 Å². The van der Waals surface area contributed by atoms with E-state index in [0.29, 0.717) is 6.20 Å². The Morgan fingerprint density at radius 1 is 1.48 bits per heavy atom. The van der Waals surface area contributed by atoms with Crippen molar-refractivity contribution < 1.29 is 53.4 Å². The quantitative estimate of drug-likeness (QED) is 0.233. The van der Waals surface area contributed by atoms with Crippen molar-refractivity contribution in [2.75, 3.05) is 6.61 Å². The van der Waals surface area contributed by atoms with Gasteiger partial charge in [-0.2, -0.15) is 4.31 Å². The topological polar surface area (TPSA) is 201 Å². The molecule has 1 fully saturated rings. The second kappa shape index (κ2) is 7.71. The van der Waals surface area contributed by atoms with E-state index in [0.717, 1.165) is 0 Å². The summed E-state index contributed by atoms with van der Waals surface area (Å²) in [6.07, 6.45) is -7.40. The number of nitrogens with zero attached hydrogens (tertiary/aromatic N) is 1. The van der Waals surface area contributed by atoms with Crippen molar-refractivity contribution in [2.45, 2.75) is 24.3 Å². The third kappa shape index (κ3) is 5.29. The lowest BCUT2D eigenvalue weighted by atomic mass is 10.1. The number of hydrogen-bond acceptors (Lipinski definition) is 9. The fraction of sp³-hybridized carbons (Fsp3) is 0.556. The molecule has 1 aliphatic rings. The standard InChI is InChI=1S/C9H12ClFN2O11P2S/c10-3-1-13(8(16)12-6(3)27)7-4(14)5(15)9(11,23-7)2-22-26(20,21)24-25(17,18)19/h1,4-5,7,14-15H,2H2,(H,20,21)(H,12,16,27)(H2,17,18,19)/t4-,5+,7-,9-/m1/s1/i7D. The van der Waals surface area contributed by atoms with Gasteiger partial charge in [-0.25, -0.2) is 18.3 Å². The number of phosphoric acid groups is 2. The number of aromatic nitrogens is 2. The van der Waals surface area contributed by atoms with Gasteiger partial charge in [0.1, 0.15) is 23.5 Å². The Labute approximate surface area is 160 Å². The zero-order chi connectivity index (χ0) is 21.7. The first-order chi connectivity index (χ1) is 12.5. The van der Waals surface area contributed by atoms with E-state index in [2.05, 4.69) is 25.8 Å². The van der Waals surface area contributed by atoms with Crippen molar-refractivity contribution in [1.82, 2.24) is 9.55 Å². The van der Waals surface area contributed by atoms with Crippen LogP contribution < -0.4 is 5.69 Å².